The number of nitrogens with zero attached hydrogens (tertiary/aromatic N) is 2. The Morgan fingerprint density at radius 1 is 1.38 bits per heavy atom. The zero-order valence-electron chi connectivity index (χ0n) is 14.7. The van der Waals surface area contributed by atoms with E-state index in [-0.39, 0.29) is 24.0 Å². The summed E-state index contributed by atoms with van der Waals surface area (Å²) in [7, 11) is 1.73. The van der Waals surface area contributed by atoms with Gasteiger partial charge in [0.15, 0.2) is 11.3 Å². The van der Waals surface area contributed by atoms with Gasteiger partial charge in [0.2, 0.25) is 11.3 Å². The van der Waals surface area contributed by atoms with Crippen LogP contribution in [0.4, 0.5) is 0 Å². The summed E-state index contributed by atoms with van der Waals surface area (Å²) < 4.78 is 7.29. The summed E-state index contributed by atoms with van der Waals surface area (Å²) in [6, 6.07) is 7.03. The molecule has 0 aliphatic rings. The Morgan fingerprint density at radius 3 is 2.88 bits per heavy atom. The third-order valence-electron chi connectivity index (χ3n) is 4.16. The van der Waals surface area contributed by atoms with Crippen LogP contribution in [0.25, 0.3) is 11.1 Å². The highest BCUT2D eigenvalue weighted by Gasteiger charge is 2.14. The molecular formula is C18H19N3O4S. The number of para-hydroxylation sites is 1. The smallest absolute Gasteiger partial charge is 0.257 e. The number of carbonyl (C=O) groups is 1. The van der Waals surface area contributed by atoms with Crippen LogP contribution < -0.4 is 10.7 Å². The van der Waals surface area contributed by atoms with Crippen LogP contribution in [-0.4, -0.2) is 26.3 Å². The quantitative estimate of drug-likeness (QED) is 0.666. The number of amides is 1. The highest BCUT2D eigenvalue weighted by atomic mass is 32.2. The first-order valence-electron chi connectivity index (χ1n) is 8.01. The predicted molar refractivity (Wildman–Crippen MR) is 99.4 cm³/mol. The summed E-state index contributed by atoms with van der Waals surface area (Å²) in [6.07, 6.45) is 0. The number of nitrogens with one attached hydrogen (secondary N) is 1. The summed E-state index contributed by atoms with van der Waals surface area (Å²) >= 11 is 1.19. The first-order valence-corrected chi connectivity index (χ1v) is 8.99. The van der Waals surface area contributed by atoms with Crippen molar-refractivity contribution in [3.8, 4) is 5.75 Å². The molecule has 136 valence electrons. The van der Waals surface area contributed by atoms with Crippen LogP contribution in [0.2, 0.25) is 0 Å². The number of oxazole rings is 1. The minimum atomic E-state index is -0.457. The highest BCUT2D eigenvalue weighted by molar-refractivity contribution is 7.99. The van der Waals surface area contributed by atoms with Crippen molar-refractivity contribution in [3.63, 3.8) is 0 Å². The number of fused-ring (bicyclic) bond motifs is 1. The maximum Gasteiger partial charge on any atom is 0.257 e. The van der Waals surface area contributed by atoms with E-state index in [1.54, 1.807) is 18.5 Å². The van der Waals surface area contributed by atoms with E-state index in [1.807, 2.05) is 25.1 Å². The molecule has 26 heavy (non-hydrogen) atoms. The number of benzene rings is 1. The van der Waals surface area contributed by atoms with Gasteiger partial charge >= 0.3 is 0 Å². The minimum absolute atomic E-state index is 0.0608. The lowest BCUT2D eigenvalue weighted by atomic mass is 10.2. The topological polar surface area (TPSA) is 97.4 Å². The first-order chi connectivity index (χ1) is 12.4. The second-order valence-corrected chi connectivity index (χ2v) is 6.90. The SMILES string of the molecule is Cc1cccc2oc(SCC(=O)NCc3c(O)c(=O)cc(C)n3C)nc12. The zero-order valence-corrected chi connectivity index (χ0v) is 15.5. The van der Waals surface area contributed by atoms with Gasteiger partial charge in [-0.25, -0.2) is 4.98 Å². The van der Waals surface area contributed by atoms with Crippen molar-refractivity contribution in [2.75, 3.05) is 5.75 Å². The molecule has 0 aliphatic heterocycles. The molecule has 3 aromatic rings. The average molecular weight is 373 g/mol. The highest BCUT2D eigenvalue weighted by Crippen LogP contribution is 2.25. The molecule has 7 nitrogen and oxygen atoms in total. The zero-order chi connectivity index (χ0) is 18.8. The molecule has 3 rings (SSSR count). The number of carbonyl (C=O) groups excluding carboxylic acids is 1. The van der Waals surface area contributed by atoms with E-state index in [9.17, 15) is 14.7 Å². The molecule has 0 saturated heterocycles. The first kappa shape index (κ1) is 18.1. The number of pyridine rings is 1. The largest absolute Gasteiger partial charge is 0.503 e. The van der Waals surface area contributed by atoms with Gasteiger partial charge in [-0.2, -0.15) is 0 Å². The molecule has 2 heterocycles. The number of aromatic nitrogens is 2. The van der Waals surface area contributed by atoms with Crippen molar-refractivity contribution in [2.24, 2.45) is 7.05 Å². The normalized spacial score (nSPS) is 11.0. The summed E-state index contributed by atoms with van der Waals surface area (Å²) in [5.41, 5.74) is 3.10. The lowest BCUT2D eigenvalue weighted by Crippen LogP contribution is -2.27. The van der Waals surface area contributed by atoms with Crippen LogP contribution in [0.15, 0.2) is 38.7 Å². The molecule has 2 aromatic heterocycles. The third-order valence-corrected chi connectivity index (χ3v) is 4.99. The van der Waals surface area contributed by atoms with E-state index in [4.69, 9.17) is 4.42 Å². The molecule has 0 atom stereocenters. The van der Waals surface area contributed by atoms with Crippen LogP contribution in [0, 0.1) is 13.8 Å². The van der Waals surface area contributed by atoms with Crippen molar-refractivity contribution in [1.82, 2.24) is 14.9 Å². The van der Waals surface area contributed by atoms with Gasteiger partial charge < -0.3 is 19.4 Å². The Bertz CT molecular complexity index is 1040. The van der Waals surface area contributed by atoms with E-state index < -0.39 is 5.43 Å². The van der Waals surface area contributed by atoms with Gasteiger partial charge in [-0.1, -0.05) is 23.9 Å². The van der Waals surface area contributed by atoms with Crippen LogP contribution in [0.5, 0.6) is 5.75 Å². The van der Waals surface area contributed by atoms with Gasteiger partial charge in [0.1, 0.15) is 5.52 Å². The second kappa shape index (κ2) is 7.25. The fourth-order valence-electron chi connectivity index (χ4n) is 2.56. The standard InChI is InChI=1S/C18H19N3O4S/c1-10-5-4-6-14-16(10)20-18(25-14)26-9-15(23)19-8-12-17(24)13(22)7-11(2)21(12)3/h4-7,24H,8-9H2,1-3H3,(H,19,23). The summed E-state index contributed by atoms with van der Waals surface area (Å²) in [4.78, 5) is 28.2. The van der Waals surface area contributed by atoms with Gasteiger partial charge in [-0.3, -0.25) is 9.59 Å². The number of aromatic hydroxyl groups is 1. The summed E-state index contributed by atoms with van der Waals surface area (Å²) in [6.45, 7) is 3.77. The van der Waals surface area contributed by atoms with Gasteiger partial charge in [0.05, 0.1) is 18.0 Å². The van der Waals surface area contributed by atoms with Gasteiger partial charge in [-0.15, -0.1) is 0 Å². The van der Waals surface area contributed by atoms with Crippen molar-refractivity contribution in [2.45, 2.75) is 25.6 Å². The Kier molecular flexibility index (Phi) is 5.03. The average Bonchev–Trinajstić information content (AvgIpc) is 3.03. The minimum Gasteiger partial charge on any atom is -0.503 e. The number of thioether (sulfide) groups is 1. The van der Waals surface area contributed by atoms with Crippen molar-refractivity contribution < 1.29 is 14.3 Å². The van der Waals surface area contributed by atoms with Crippen molar-refractivity contribution in [3.05, 3.63) is 51.4 Å². The Labute approximate surface area is 154 Å². The molecule has 8 heteroatoms. The molecule has 0 unspecified atom stereocenters. The fourth-order valence-corrected chi connectivity index (χ4v) is 3.22. The van der Waals surface area contributed by atoms with Crippen LogP contribution >= 0.6 is 11.8 Å². The number of hydrogen-bond acceptors (Lipinski definition) is 6. The molecule has 0 bridgehead atoms. The van der Waals surface area contributed by atoms with E-state index in [0.717, 1.165) is 11.1 Å². The fraction of sp³-hybridized carbons (Fsp3) is 0.278. The number of hydrogen-bond donors (Lipinski definition) is 2. The Balaban J connectivity index is 1.63. The Morgan fingerprint density at radius 2 is 2.15 bits per heavy atom. The van der Waals surface area contributed by atoms with Crippen LogP contribution in [0.3, 0.4) is 0 Å². The monoisotopic (exact) mass is 373 g/mol. The molecule has 1 amide bonds. The van der Waals surface area contributed by atoms with Gasteiger partial charge in [0, 0.05) is 18.8 Å². The molecule has 0 fully saturated rings. The molecule has 0 aliphatic carbocycles. The van der Waals surface area contributed by atoms with E-state index in [1.165, 1.54) is 17.8 Å². The predicted octanol–water partition coefficient (Wildman–Crippen LogP) is 2.26. The number of rotatable bonds is 5. The van der Waals surface area contributed by atoms with Crippen molar-refractivity contribution in [1.29, 1.82) is 0 Å². The molecule has 2 N–H and O–H groups in total. The molecule has 0 radical (unpaired) electrons. The van der Waals surface area contributed by atoms with Gasteiger partial charge in [0.25, 0.3) is 5.22 Å². The van der Waals surface area contributed by atoms with Gasteiger partial charge in [-0.05, 0) is 25.5 Å². The third kappa shape index (κ3) is 3.60. The molecule has 1 aromatic carbocycles. The molecule has 0 spiro atoms. The lowest BCUT2D eigenvalue weighted by molar-refractivity contribution is -0.118. The van der Waals surface area contributed by atoms with Crippen LogP contribution in [0.1, 0.15) is 17.0 Å². The maximum atomic E-state index is 12.1. The van der Waals surface area contributed by atoms with E-state index in [2.05, 4.69) is 10.3 Å². The van der Waals surface area contributed by atoms with Crippen molar-refractivity contribution >= 4 is 28.8 Å². The second-order valence-electron chi connectivity index (χ2n) is 5.97. The molecule has 0 saturated carbocycles. The summed E-state index contributed by atoms with van der Waals surface area (Å²) in [5.74, 6) is -0.477. The van der Waals surface area contributed by atoms with Crippen LogP contribution in [-0.2, 0) is 18.4 Å². The Hall–Kier alpha value is -2.74. The lowest BCUT2D eigenvalue weighted by Gasteiger charge is -2.14. The van der Waals surface area contributed by atoms with E-state index >= 15 is 0 Å². The summed E-state index contributed by atoms with van der Waals surface area (Å²) in [5, 5.41) is 13.0. The van der Waals surface area contributed by atoms with E-state index in [0.29, 0.717) is 22.2 Å². The molecular weight excluding hydrogens is 354 g/mol. The number of aryl methyl sites for hydroxylation is 2. The maximum absolute atomic E-state index is 12.1.